The summed E-state index contributed by atoms with van der Waals surface area (Å²) in [4.78, 5) is 39.4. The minimum Gasteiger partial charge on any atom is -0.494 e. The third kappa shape index (κ3) is 7.95. The molecule has 286 valence electrons. The number of fused-ring (bicyclic) bond motifs is 1. The van der Waals surface area contributed by atoms with Gasteiger partial charge in [-0.3, -0.25) is 24.6 Å². The molecule has 1 aromatic heterocycles. The van der Waals surface area contributed by atoms with E-state index in [0.717, 1.165) is 42.8 Å². The zero-order valence-electron chi connectivity index (χ0n) is 31.6. The fourth-order valence-corrected chi connectivity index (χ4v) is 8.84. The van der Waals surface area contributed by atoms with Crippen molar-refractivity contribution in [1.82, 2.24) is 30.5 Å². The van der Waals surface area contributed by atoms with Crippen LogP contribution in [0.1, 0.15) is 92.5 Å². The van der Waals surface area contributed by atoms with Gasteiger partial charge in [0.1, 0.15) is 23.7 Å². The van der Waals surface area contributed by atoms with Gasteiger partial charge in [-0.15, -0.1) is 5.10 Å². The highest BCUT2D eigenvalue weighted by Gasteiger charge is 2.64. The number of aromatic nitrogens is 3. The van der Waals surface area contributed by atoms with Crippen LogP contribution in [0, 0.1) is 22.2 Å². The maximum absolute atomic E-state index is 13.4. The van der Waals surface area contributed by atoms with Crippen molar-refractivity contribution in [1.29, 1.82) is 5.26 Å². The molecule has 13 heteroatoms. The van der Waals surface area contributed by atoms with Crippen LogP contribution in [0.3, 0.4) is 0 Å². The van der Waals surface area contributed by atoms with Gasteiger partial charge in [0.15, 0.2) is 0 Å². The number of halogens is 1. The number of rotatable bonds is 13. The molecule has 1 atom stereocenters. The normalized spacial score (nSPS) is 21.2. The molecule has 1 aliphatic carbocycles. The summed E-state index contributed by atoms with van der Waals surface area (Å²) >= 11 is 6.23. The minimum absolute atomic E-state index is 0.144. The molecular formula is C42H46ClN7O5. The molecule has 4 aromatic rings. The Labute approximate surface area is 326 Å². The van der Waals surface area contributed by atoms with Crippen LogP contribution >= 0.6 is 11.6 Å². The number of hydrogen-bond acceptors (Lipinski definition) is 9. The molecule has 55 heavy (non-hydrogen) atoms. The van der Waals surface area contributed by atoms with Gasteiger partial charge in [0.2, 0.25) is 11.8 Å². The predicted molar refractivity (Wildman–Crippen MR) is 206 cm³/mol. The van der Waals surface area contributed by atoms with Crippen molar-refractivity contribution >= 4 is 29.3 Å². The summed E-state index contributed by atoms with van der Waals surface area (Å²) in [6, 6.07) is 20.2. The molecule has 2 fully saturated rings. The van der Waals surface area contributed by atoms with Gasteiger partial charge in [-0.05, 0) is 91.8 Å². The Kier molecular flexibility index (Phi) is 10.7. The van der Waals surface area contributed by atoms with E-state index in [4.69, 9.17) is 21.1 Å². The van der Waals surface area contributed by atoms with Crippen LogP contribution in [0.2, 0.25) is 5.02 Å². The van der Waals surface area contributed by atoms with E-state index >= 15 is 0 Å². The highest BCUT2D eigenvalue weighted by atomic mass is 35.5. The first-order valence-electron chi connectivity index (χ1n) is 18.8. The number of amides is 3. The lowest BCUT2D eigenvalue weighted by Crippen LogP contribution is -2.74. The molecule has 7 rings (SSSR count). The molecule has 1 saturated carbocycles. The third-order valence-electron chi connectivity index (χ3n) is 11.3. The van der Waals surface area contributed by atoms with Crippen molar-refractivity contribution < 1.29 is 23.9 Å². The monoisotopic (exact) mass is 763 g/mol. The number of hydrogen-bond donors (Lipinski definition) is 2. The van der Waals surface area contributed by atoms with Gasteiger partial charge in [-0.25, -0.2) is 4.68 Å². The zero-order chi connectivity index (χ0) is 38.9. The summed E-state index contributed by atoms with van der Waals surface area (Å²) < 4.78 is 14.1. The van der Waals surface area contributed by atoms with E-state index in [1.54, 1.807) is 35.0 Å². The second-order valence-corrected chi connectivity index (χ2v) is 16.4. The second-order valence-electron chi connectivity index (χ2n) is 16.0. The van der Waals surface area contributed by atoms with Crippen LogP contribution in [-0.4, -0.2) is 62.4 Å². The first-order chi connectivity index (χ1) is 26.3. The van der Waals surface area contributed by atoms with E-state index in [-0.39, 0.29) is 46.7 Å². The first-order valence-corrected chi connectivity index (χ1v) is 19.2. The Morgan fingerprint density at radius 1 is 0.982 bits per heavy atom. The van der Waals surface area contributed by atoms with Crippen LogP contribution in [0.4, 0.5) is 0 Å². The van der Waals surface area contributed by atoms with E-state index in [9.17, 15) is 19.6 Å². The van der Waals surface area contributed by atoms with E-state index < -0.39 is 0 Å². The molecule has 0 bridgehead atoms. The quantitative estimate of drug-likeness (QED) is 0.118. The van der Waals surface area contributed by atoms with Gasteiger partial charge in [0.25, 0.3) is 5.91 Å². The Balaban J connectivity index is 0.837. The largest absolute Gasteiger partial charge is 0.494 e. The number of carbonyl (C=O) groups is 3. The Bertz CT molecular complexity index is 2120. The van der Waals surface area contributed by atoms with Crippen molar-refractivity contribution in [3.63, 3.8) is 0 Å². The average molecular weight is 764 g/mol. The molecule has 0 radical (unpaired) electrons. The van der Waals surface area contributed by atoms with Gasteiger partial charge < -0.3 is 14.8 Å². The minimum atomic E-state index is -0.364. The van der Waals surface area contributed by atoms with Crippen LogP contribution in [0.5, 0.6) is 11.5 Å². The summed E-state index contributed by atoms with van der Waals surface area (Å²) in [6.45, 7) is 10.3. The van der Waals surface area contributed by atoms with Gasteiger partial charge in [0.05, 0.1) is 40.8 Å². The maximum atomic E-state index is 13.4. The lowest BCUT2D eigenvalue weighted by Gasteiger charge is -2.63. The standard InChI is InChI=1S/C42H46ClN7O5/c1-41(2)39(42(3,4)40(41)55-33-16-11-27(22-44)34(43)21-33)46-37(52)26-9-13-31(14-10-26)50-25-30(47-48-50)8-6-5-7-19-54-32-15-12-28-23-49(24-29(28)20-32)35-17-18-36(51)45-38(35)53/h9-16,20-21,25,35,39-40H,5-8,17-19,23-24H2,1-4H3,(H,46,52)(H,45,51,53). The second kappa shape index (κ2) is 15.5. The summed E-state index contributed by atoms with van der Waals surface area (Å²) in [6.07, 6.45) is 6.31. The number of nitrogens with one attached hydrogen (secondary N) is 2. The molecule has 2 N–H and O–H groups in total. The van der Waals surface area contributed by atoms with Crippen molar-refractivity contribution in [2.75, 3.05) is 6.61 Å². The molecule has 2 aliphatic heterocycles. The third-order valence-corrected chi connectivity index (χ3v) is 11.6. The van der Waals surface area contributed by atoms with Gasteiger partial charge in [-0.1, -0.05) is 50.6 Å². The number of unbranched alkanes of at least 4 members (excludes halogenated alkanes) is 2. The van der Waals surface area contributed by atoms with Crippen molar-refractivity contribution in [3.05, 3.63) is 99.8 Å². The summed E-state index contributed by atoms with van der Waals surface area (Å²) in [5.74, 6) is 0.867. The number of benzene rings is 3. The van der Waals surface area contributed by atoms with E-state index in [2.05, 4.69) is 71.7 Å². The number of imide groups is 1. The van der Waals surface area contributed by atoms with Crippen LogP contribution in [0.15, 0.2) is 66.9 Å². The van der Waals surface area contributed by atoms with Crippen LogP contribution in [-0.2, 0) is 29.1 Å². The topological polar surface area (TPSA) is 151 Å². The molecule has 3 amide bonds. The molecule has 12 nitrogen and oxygen atoms in total. The number of aryl methyl sites for hydroxylation is 1. The fraction of sp³-hybridized carbons (Fsp3) is 0.429. The van der Waals surface area contributed by atoms with Gasteiger partial charge in [0, 0.05) is 48.0 Å². The van der Waals surface area contributed by atoms with Crippen molar-refractivity contribution in [2.24, 2.45) is 10.8 Å². The number of nitrogens with zero attached hydrogens (tertiary/aromatic N) is 5. The predicted octanol–water partition coefficient (Wildman–Crippen LogP) is 6.32. The van der Waals surface area contributed by atoms with E-state index in [1.165, 1.54) is 11.1 Å². The molecule has 3 aromatic carbocycles. The average Bonchev–Trinajstić information content (AvgIpc) is 3.81. The lowest BCUT2D eigenvalue weighted by molar-refractivity contribution is -0.164. The van der Waals surface area contributed by atoms with Crippen LogP contribution in [0.25, 0.3) is 5.69 Å². The Hall–Kier alpha value is -5.25. The van der Waals surface area contributed by atoms with E-state index in [1.807, 2.05) is 24.4 Å². The SMILES string of the molecule is CC1(C)C(NC(=O)c2ccc(-n3cc(CCCCCOc4ccc5c(c4)CN(C4CCC(=O)NC4=O)C5)nn3)cc2)C(C)(C)C1Oc1ccc(C#N)c(Cl)c1. The summed E-state index contributed by atoms with van der Waals surface area (Å²) in [5, 5.41) is 23.9. The Morgan fingerprint density at radius 3 is 2.45 bits per heavy atom. The molecule has 1 saturated heterocycles. The number of piperidine rings is 1. The summed E-state index contributed by atoms with van der Waals surface area (Å²) in [7, 11) is 0. The molecule has 3 heterocycles. The van der Waals surface area contributed by atoms with Gasteiger partial charge >= 0.3 is 0 Å². The zero-order valence-corrected chi connectivity index (χ0v) is 32.4. The maximum Gasteiger partial charge on any atom is 0.251 e. The molecule has 0 spiro atoms. The van der Waals surface area contributed by atoms with Crippen molar-refractivity contribution in [3.8, 4) is 23.3 Å². The lowest BCUT2D eigenvalue weighted by atomic mass is 9.49. The molecular weight excluding hydrogens is 718 g/mol. The van der Waals surface area contributed by atoms with E-state index in [0.29, 0.717) is 54.4 Å². The fourth-order valence-electron chi connectivity index (χ4n) is 8.63. The smallest absolute Gasteiger partial charge is 0.251 e. The number of carbonyl (C=O) groups excluding carboxylic acids is 3. The van der Waals surface area contributed by atoms with Crippen LogP contribution < -0.4 is 20.1 Å². The summed E-state index contributed by atoms with van der Waals surface area (Å²) in [5.41, 5.74) is 4.29. The first kappa shape index (κ1) is 38.0. The Morgan fingerprint density at radius 2 is 1.73 bits per heavy atom. The highest BCUT2D eigenvalue weighted by molar-refractivity contribution is 6.31. The molecule has 3 aliphatic rings. The van der Waals surface area contributed by atoms with Crippen molar-refractivity contribution in [2.45, 2.75) is 97.5 Å². The number of nitriles is 1. The number of ether oxygens (including phenoxy) is 2. The van der Waals surface area contributed by atoms with Gasteiger partial charge in [-0.2, -0.15) is 5.26 Å². The molecule has 1 unspecified atom stereocenters. The highest BCUT2D eigenvalue weighted by Crippen LogP contribution is 2.55.